The Bertz CT molecular complexity index is 603. The Labute approximate surface area is 151 Å². The number of unbranched alkanes of at least 4 members (excludes halogenated alkanes) is 5. The van der Waals surface area contributed by atoms with Gasteiger partial charge in [-0.1, -0.05) is 31.4 Å². The van der Waals surface area contributed by atoms with E-state index in [9.17, 15) is 4.79 Å². The molecular formula is C21H32O4. The van der Waals surface area contributed by atoms with Gasteiger partial charge in [-0.3, -0.25) is 4.79 Å². The smallest absolute Gasteiger partial charge is 0.303 e. The van der Waals surface area contributed by atoms with Gasteiger partial charge in [0.15, 0.2) is 0 Å². The van der Waals surface area contributed by atoms with Gasteiger partial charge in [0, 0.05) is 17.5 Å². The predicted molar refractivity (Wildman–Crippen MR) is 103 cm³/mol. The van der Waals surface area contributed by atoms with Crippen molar-refractivity contribution < 1.29 is 19.4 Å². The molecule has 0 bridgehead atoms. The quantitative estimate of drug-likeness (QED) is 0.540. The highest BCUT2D eigenvalue weighted by Crippen LogP contribution is 2.38. The lowest BCUT2D eigenvalue weighted by Gasteiger charge is -2.18. The first-order chi connectivity index (χ1) is 11.9. The third-order valence-electron chi connectivity index (χ3n) is 4.69. The van der Waals surface area contributed by atoms with E-state index >= 15 is 0 Å². The van der Waals surface area contributed by atoms with Crippen molar-refractivity contribution in [1.82, 2.24) is 0 Å². The Balaban J connectivity index is 2.60. The predicted octanol–water partition coefficient (Wildman–Crippen LogP) is 5.46. The number of carboxylic acid groups (broad SMARTS) is 1. The van der Waals surface area contributed by atoms with Gasteiger partial charge in [-0.25, -0.2) is 0 Å². The summed E-state index contributed by atoms with van der Waals surface area (Å²) in [5, 5.41) is 8.61. The average Bonchev–Trinajstić information content (AvgIpc) is 2.58. The van der Waals surface area contributed by atoms with Gasteiger partial charge < -0.3 is 14.6 Å². The van der Waals surface area contributed by atoms with Crippen molar-refractivity contribution in [2.45, 2.75) is 65.7 Å². The van der Waals surface area contributed by atoms with Crippen LogP contribution in [0, 0.1) is 20.8 Å². The van der Waals surface area contributed by atoms with Gasteiger partial charge in [-0.15, -0.1) is 0 Å². The summed E-state index contributed by atoms with van der Waals surface area (Å²) >= 11 is 0. The van der Waals surface area contributed by atoms with Crippen LogP contribution in [0.3, 0.4) is 0 Å². The SMILES string of the molecule is COc1c(C)c(C)c(OC)c(/C=C\CCCCCCCC(=O)O)c1C. The van der Waals surface area contributed by atoms with Crippen LogP contribution in [-0.2, 0) is 4.79 Å². The van der Waals surface area contributed by atoms with Gasteiger partial charge in [0.25, 0.3) is 0 Å². The Hall–Kier alpha value is -1.97. The number of carboxylic acids is 1. The first kappa shape index (κ1) is 21.1. The van der Waals surface area contributed by atoms with Crippen LogP contribution in [0.25, 0.3) is 6.08 Å². The Kier molecular flexibility index (Phi) is 9.11. The minimum Gasteiger partial charge on any atom is -0.496 e. The molecule has 1 N–H and O–H groups in total. The van der Waals surface area contributed by atoms with Crippen molar-refractivity contribution in [1.29, 1.82) is 0 Å². The molecule has 0 aliphatic carbocycles. The first-order valence-electron chi connectivity index (χ1n) is 9.04. The average molecular weight is 348 g/mol. The highest BCUT2D eigenvalue weighted by molar-refractivity contribution is 5.69. The summed E-state index contributed by atoms with van der Waals surface area (Å²) in [6.07, 6.45) is 10.7. The fourth-order valence-electron chi connectivity index (χ4n) is 3.16. The van der Waals surface area contributed by atoms with Crippen LogP contribution in [0.1, 0.15) is 67.2 Å². The lowest BCUT2D eigenvalue weighted by atomic mass is 9.96. The van der Waals surface area contributed by atoms with E-state index in [0.29, 0.717) is 0 Å². The first-order valence-corrected chi connectivity index (χ1v) is 9.04. The fourth-order valence-corrected chi connectivity index (χ4v) is 3.16. The maximum absolute atomic E-state index is 10.5. The van der Waals surface area contributed by atoms with Crippen LogP contribution < -0.4 is 9.47 Å². The largest absolute Gasteiger partial charge is 0.496 e. The zero-order chi connectivity index (χ0) is 18.8. The number of benzene rings is 1. The summed E-state index contributed by atoms with van der Waals surface area (Å²) in [5.74, 6) is 1.15. The second-order valence-electron chi connectivity index (χ2n) is 6.46. The number of aliphatic carboxylic acids is 1. The maximum Gasteiger partial charge on any atom is 0.303 e. The minimum absolute atomic E-state index is 0.285. The van der Waals surface area contributed by atoms with Crippen LogP contribution in [-0.4, -0.2) is 25.3 Å². The summed E-state index contributed by atoms with van der Waals surface area (Å²) in [5.41, 5.74) is 4.43. The molecule has 1 rings (SSSR count). The zero-order valence-electron chi connectivity index (χ0n) is 16.3. The number of rotatable bonds is 11. The zero-order valence-corrected chi connectivity index (χ0v) is 16.3. The van der Waals surface area contributed by atoms with Crippen molar-refractivity contribution in [3.05, 3.63) is 28.3 Å². The molecule has 0 fully saturated rings. The molecule has 25 heavy (non-hydrogen) atoms. The molecule has 0 amide bonds. The Morgan fingerprint density at radius 2 is 1.44 bits per heavy atom. The van der Waals surface area contributed by atoms with E-state index in [1.165, 1.54) is 0 Å². The summed E-state index contributed by atoms with van der Waals surface area (Å²) < 4.78 is 11.2. The molecule has 0 atom stereocenters. The molecule has 1 aromatic rings. The van der Waals surface area contributed by atoms with E-state index in [2.05, 4.69) is 32.9 Å². The van der Waals surface area contributed by atoms with Crippen LogP contribution in [0.4, 0.5) is 0 Å². The number of hydrogen-bond acceptors (Lipinski definition) is 3. The topological polar surface area (TPSA) is 55.8 Å². The highest BCUT2D eigenvalue weighted by Gasteiger charge is 2.16. The van der Waals surface area contributed by atoms with Crippen molar-refractivity contribution in [2.24, 2.45) is 0 Å². The highest BCUT2D eigenvalue weighted by atomic mass is 16.5. The second-order valence-corrected chi connectivity index (χ2v) is 6.46. The normalized spacial score (nSPS) is 11.1. The fraction of sp³-hybridized carbons (Fsp3) is 0.571. The van der Waals surface area contributed by atoms with Crippen molar-refractivity contribution >= 4 is 12.0 Å². The van der Waals surface area contributed by atoms with Gasteiger partial charge in [0.1, 0.15) is 11.5 Å². The van der Waals surface area contributed by atoms with Gasteiger partial charge in [0.2, 0.25) is 0 Å². The molecule has 0 spiro atoms. The summed E-state index contributed by atoms with van der Waals surface area (Å²) in [4.78, 5) is 10.5. The minimum atomic E-state index is -0.698. The third kappa shape index (κ3) is 6.11. The molecule has 0 aromatic heterocycles. The second kappa shape index (κ2) is 10.8. The summed E-state index contributed by atoms with van der Waals surface area (Å²) in [6, 6.07) is 0. The molecule has 0 aliphatic rings. The maximum atomic E-state index is 10.5. The van der Waals surface area contributed by atoms with Gasteiger partial charge >= 0.3 is 5.97 Å². The molecule has 0 heterocycles. The van der Waals surface area contributed by atoms with Crippen molar-refractivity contribution in [3.8, 4) is 11.5 Å². The molecule has 0 radical (unpaired) electrons. The number of carbonyl (C=O) groups is 1. The lowest BCUT2D eigenvalue weighted by Crippen LogP contribution is -2.01. The van der Waals surface area contributed by atoms with E-state index in [1.807, 2.05) is 0 Å². The van der Waals surface area contributed by atoms with Gasteiger partial charge in [-0.2, -0.15) is 0 Å². The molecule has 0 unspecified atom stereocenters. The third-order valence-corrected chi connectivity index (χ3v) is 4.69. The summed E-state index contributed by atoms with van der Waals surface area (Å²) in [7, 11) is 3.42. The van der Waals surface area contributed by atoms with Crippen molar-refractivity contribution in [3.63, 3.8) is 0 Å². The van der Waals surface area contributed by atoms with E-state index in [-0.39, 0.29) is 6.42 Å². The molecular weight excluding hydrogens is 316 g/mol. The Morgan fingerprint density at radius 1 is 0.880 bits per heavy atom. The van der Waals surface area contributed by atoms with Crippen LogP contribution in [0.5, 0.6) is 11.5 Å². The molecule has 4 nitrogen and oxygen atoms in total. The molecule has 140 valence electrons. The molecule has 0 saturated carbocycles. The number of ether oxygens (including phenoxy) is 2. The molecule has 4 heteroatoms. The molecule has 1 aromatic carbocycles. The summed E-state index contributed by atoms with van der Waals surface area (Å²) in [6.45, 7) is 6.18. The Morgan fingerprint density at radius 3 is 2.04 bits per heavy atom. The number of methoxy groups -OCH3 is 2. The van der Waals surface area contributed by atoms with Gasteiger partial charge in [-0.05, 0) is 51.2 Å². The monoisotopic (exact) mass is 348 g/mol. The van der Waals surface area contributed by atoms with Crippen LogP contribution >= 0.6 is 0 Å². The van der Waals surface area contributed by atoms with Crippen LogP contribution in [0.15, 0.2) is 6.08 Å². The van der Waals surface area contributed by atoms with Gasteiger partial charge in [0.05, 0.1) is 14.2 Å². The van der Waals surface area contributed by atoms with E-state index < -0.39 is 5.97 Å². The molecule has 0 aliphatic heterocycles. The lowest BCUT2D eigenvalue weighted by molar-refractivity contribution is -0.137. The molecule has 0 saturated heterocycles. The van der Waals surface area contributed by atoms with Crippen LogP contribution in [0.2, 0.25) is 0 Å². The number of hydrogen-bond donors (Lipinski definition) is 1. The van der Waals surface area contributed by atoms with E-state index in [0.717, 1.165) is 72.3 Å². The van der Waals surface area contributed by atoms with Crippen molar-refractivity contribution in [2.75, 3.05) is 14.2 Å². The van der Waals surface area contributed by atoms with E-state index in [4.69, 9.17) is 14.6 Å². The number of allylic oxidation sites excluding steroid dienone is 1. The standard InChI is InChI=1S/C21H32O4/c1-15-16(2)21(25-5)18(17(3)20(15)24-4)13-11-9-7-6-8-10-12-14-19(22)23/h11,13H,6-10,12,14H2,1-5H3,(H,22,23)/b13-11-. The van der Waals surface area contributed by atoms with E-state index in [1.54, 1.807) is 14.2 Å².